The highest BCUT2D eigenvalue weighted by Crippen LogP contribution is 2.60. The maximum atomic E-state index is 13.1. The normalized spacial score (nSPS) is 30.8. The van der Waals surface area contributed by atoms with Gasteiger partial charge in [0.15, 0.2) is 5.82 Å². The number of rotatable bonds is 4. The van der Waals surface area contributed by atoms with Gasteiger partial charge in [0.25, 0.3) is 0 Å². The number of carbonyl (C=O) groups excluding carboxylic acids is 1. The molecular weight excluding hydrogens is 362 g/mol. The van der Waals surface area contributed by atoms with E-state index in [1.807, 2.05) is 24.3 Å². The van der Waals surface area contributed by atoms with E-state index in [4.69, 9.17) is 5.73 Å². The summed E-state index contributed by atoms with van der Waals surface area (Å²) in [4.78, 5) is 17.4. The Morgan fingerprint density at radius 3 is 2.22 bits per heavy atom. The number of amides is 1. The van der Waals surface area contributed by atoms with E-state index >= 15 is 0 Å². The fourth-order valence-electron chi connectivity index (χ4n) is 5.87. The number of anilines is 1. The highest BCUT2D eigenvalue weighted by atomic mass is 35.5. The molecule has 0 aliphatic heterocycles. The van der Waals surface area contributed by atoms with Crippen LogP contribution in [0.25, 0.3) is 11.4 Å². The molecule has 6 rings (SSSR count). The second kappa shape index (κ2) is 6.91. The lowest BCUT2D eigenvalue weighted by Gasteiger charge is -2.55. The second-order valence-electron chi connectivity index (χ2n) is 8.54. The first kappa shape index (κ1) is 18.4. The summed E-state index contributed by atoms with van der Waals surface area (Å²) in [5, 5.41) is 10.2. The van der Waals surface area contributed by atoms with E-state index in [1.165, 1.54) is 19.3 Å². The minimum absolute atomic E-state index is 0. The smallest absolute Gasteiger partial charge is 0.230 e. The lowest BCUT2D eigenvalue weighted by atomic mass is 9.49. The van der Waals surface area contributed by atoms with Crippen molar-refractivity contribution in [3.63, 3.8) is 0 Å². The van der Waals surface area contributed by atoms with E-state index in [9.17, 15) is 4.79 Å². The van der Waals surface area contributed by atoms with Crippen LogP contribution in [-0.2, 0) is 11.3 Å². The van der Waals surface area contributed by atoms with Crippen molar-refractivity contribution in [2.45, 2.75) is 45.1 Å². The van der Waals surface area contributed by atoms with Gasteiger partial charge in [0, 0.05) is 11.3 Å². The Balaban J connectivity index is 0.00000180. The number of nitrogens with zero attached hydrogens (tertiary/aromatic N) is 2. The van der Waals surface area contributed by atoms with Gasteiger partial charge < -0.3 is 11.1 Å². The van der Waals surface area contributed by atoms with E-state index in [1.54, 1.807) is 0 Å². The molecule has 4 saturated carbocycles. The molecule has 4 fully saturated rings. The van der Waals surface area contributed by atoms with Gasteiger partial charge in [-0.25, -0.2) is 4.98 Å². The summed E-state index contributed by atoms with van der Waals surface area (Å²) in [5.41, 5.74) is 7.21. The predicted molar refractivity (Wildman–Crippen MR) is 106 cm³/mol. The topological polar surface area (TPSA) is 96.7 Å². The third-order valence-electron chi connectivity index (χ3n) is 6.65. The third kappa shape index (κ3) is 3.25. The van der Waals surface area contributed by atoms with Gasteiger partial charge in [0.05, 0.1) is 12.0 Å². The number of hydrogen-bond donors (Lipinski definition) is 3. The van der Waals surface area contributed by atoms with Crippen LogP contribution < -0.4 is 11.1 Å². The molecule has 0 unspecified atom stereocenters. The van der Waals surface area contributed by atoms with E-state index in [0.717, 1.165) is 48.3 Å². The Labute approximate surface area is 165 Å². The van der Waals surface area contributed by atoms with E-state index < -0.39 is 0 Å². The number of aromatic nitrogens is 3. The van der Waals surface area contributed by atoms with Crippen molar-refractivity contribution >= 4 is 24.0 Å². The summed E-state index contributed by atoms with van der Waals surface area (Å²) < 4.78 is 0. The van der Waals surface area contributed by atoms with Crippen LogP contribution in [0.2, 0.25) is 0 Å². The fourth-order valence-corrected chi connectivity index (χ4v) is 5.87. The number of carbonyl (C=O) groups is 1. The first-order valence-electron chi connectivity index (χ1n) is 9.67. The molecule has 4 N–H and O–H groups in total. The van der Waals surface area contributed by atoms with Crippen LogP contribution >= 0.6 is 12.4 Å². The summed E-state index contributed by atoms with van der Waals surface area (Å²) in [7, 11) is 0. The minimum Gasteiger partial charge on any atom is -0.326 e. The molecule has 27 heavy (non-hydrogen) atoms. The van der Waals surface area contributed by atoms with Crippen molar-refractivity contribution in [1.29, 1.82) is 0 Å². The second-order valence-corrected chi connectivity index (χ2v) is 8.54. The molecule has 0 radical (unpaired) electrons. The van der Waals surface area contributed by atoms with E-state index in [2.05, 4.69) is 20.5 Å². The molecule has 0 spiro atoms. The van der Waals surface area contributed by atoms with Crippen molar-refractivity contribution < 1.29 is 4.79 Å². The molecule has 1 amide bonds. The maximum Gasteiger partial charge on any atom is 0.230 e. The Hall–Kier alpha value is -1.92. The summed E-state index contributed by atoms with van der Waals surface area (Å²) in [6, 6.07) is 7.76. The number of benzene rings is 1. The number of nitrogens with one attached hydrogen (secondary N) is 2. The highest BCUT2D eigenvalue weighted by Gasteiger charge is 2.54. The van der Waals surface area contributed by atoms with Gasteiger partial charge in [-0.3, -0.25) is 9.89 Å². The molecular formula is C20H26ClN5O. The Kier molecular flexibility index (Phi) is 4.72. The monoisotopic (exact) mass is 387 g/mol. The molecule has 7 heteroatoms. The minimum atomic E-state index is -0.118. The van der Waals surface area contributed by atoms with Gasteiger partial charge in [-0.15, -0.1) is 12.4 Å². The molecule has 1 aromatic carbocycles. The van der Waals surface area contributed by atoms with Gasteiger partial charge in [-0.05, 0) is 80.5 Å². The standard InChI is InChI=1S/C20H25N5O.ClH/c21-11-17-23-18(25-24-17)15-1-3-16(4-2-15)22-19(26)20-8-12-5-13(9-20)7-14(6-12)10-20;/h1-4,12-14H,5-11,21H2,(H,22,26)(H,23,24,25);1H. The van der Waals surface area contributed by atoms with Crippen molar-refractivity contribution in [3.05, 3.63) is 30.1 Å². The van der Waals surface area contributed by atoms with Gasteiger partial charge >= 0.3 is 0 Å². The average molecular weight is 388 g/mol. The largest absolute Gasteiger partial charge is 0.326 e. The number of halogens is 1. The van der Waals surface area contributed by atoms with Crippen LogP contribution in [-0.4, -0.2) is 21.1 Å². The van der Waals surface area contributed by atoms with Crippen LogP contribution in [0.15, 0.2) is 24.3 Å². The van der Waals surface area contributed by atoms with Gasteiger partial charge in [0.1, 0.15) is 5.82 Å². The Bertz CT molecular complexity index is 796. The molecule has 2 aromatic rings. The Morgan fingerprint density at radius 2 is 1.70 bits per heavy atom. The zero-order valence-corrected chi connectivity index (χ0v) is 16.1. The summed E-state index contributed by atoms with van der Waals surface area (Å²) in [5.74, 6) is 3.85. The SMILES string of the molecule is Cl.NCc1nc(-c2ccc(NC(=O)C34CC5CC(CC(C5)C3)C4)cc2)n[nH]1. The lowest BCUT2D eigenvalue weighted by molar-refractivity contribution is -0.140. The zero-order chi connectivity index (χ0) is 17.7. The molecule has 1 heterocycles. The predicted octanol–water partition coefficient (Wildman–Crippen LogP) is 3.51. The average Bonchev–Trinajstić information content (AvgIpc) is 3.10. The number of aromatic amines is 1. The molecule has 4 bridgehead atoms. The van der Waals surface area contributed by atoms with Gasteiger partial charge in [-0.1, -0.05) is 0 Å². The summed E-state index contributed by atoms with van der Waals surface area (Å²) >= 11 is 0. The lowest BCUT2D eigenvalue weighted by Crippen LogP contribution is -2.51. The van der Waals surface area contributed by atoms with Crippen LogP contribution in [0.1, 0.15) is 44.3 Å². The zero-order valence-electron chi connectivity index (χ0n) is 15.3. The van der Waals surface area contributed by atoms with Crippen molar-refractivity contribution in [2.75, 3.05) is 5.32 Å². The number of hydrogen-bond acceptors (Lipinski definition) is 4. The maximum absolute atomic E-state index is 13.1. The molecule has 4 aliphatic carbocycles. The van der Waals surface area contributed by atoms with Crippen LogP contribution in [0.5, 0.6) is 0 Å². The van der Waals surface area contributed by atoms with Crippen LogP contribution in [0, 0.1) is 23.2 Å². The molecule has 144 valence electrons. The van der Waals surface area contributed by atoms with E-state index in [0.29, 0.717) is 18.2 Å². The van der Waals surface area contributed by atoms with E-state index in [-0.39, 0.29) is 23.7 Å². The van der Waals surface area contributed by atoms with Crippen LogP contribution in [0.4, 0.5) is 5.69 Å². The van der Waals surface area contributed by atoms with Gasteiger partial charge in [0.2, 0.25) is 5.91 Å². The molecule has 0 saturated heterocycles. The fraction of sp³-hybridized carbons (Fsp3) is 0.550. The molecule has 4 aliphatic rings. The molecule has 1 aromatic heterocycles. The number of nitrogens with two attached hydrogens (primary N) is 1. The van der Waals surface area contributed by atoms with Crippen LogP contribution in [0.3, 0.4) is 0 Å². The van der Waals surface area contributed by atoms with Gasteiger partial charge in [-0.2, -0.15) is 5.10 Å². The summed E-state index contributed by atoms with van der Waals surface area (Å²) in [6.07, 6.45) is 7.31. The van der Waals surface area contributed by atoms with Crippen molar-refractivity contribution in [1.82, 2.24) is 15.2 Å². The van der Waals surface area contributed by atoms with Crippen molar-refractivity contribution in [3.8, 4) is 11.4 Å². The quantitative estimate of drug-likeness (QED) is 0.747. The summed E-state index contributed by atoms with van der Waals surface area (Å²) in [6.45, 7) is 0.339. The Morgan fingerprint density at radius 1 is 1.11 bits per heavy atom. The number of H-pyrrole nitrogens is 1. The highest BCUT2D eigenvalue weighted by molar-refractivity contribution is 5.95. The first-order valence-corrected chi connectivity index (χ1v) is 9.67. The first-order chi connectivity index (χ1) is 12.6. The third-order valence-corrected chi connectivity index (χ3v) is 6.65. The molecule has 6 nitrogen and oxygen atoms in total. The van der Waals surface area contributed by atoms with Crippen molar-refractivity contribution in [2.24, 2.45) is 28.9 Å². The molecule has 0 atom stereocenters.